The third kappa shape index (κ3) is 1.97. The topological polar surface area (TPSA) is 70.1 Å². The molecular weight excluding hydrogens is 228 g/mol. The Kier molecular flexibility index (Phi) is 2.77. The van der Waals surface area contributed by atoms with Gasteiger partial charge < -0.3 is 10.6 Å². The zero-order valence-corrected chi connectivity index (χ0v) is 8.78. The molecule has 0 spiro atoms. The summed E-state index contributed by atoms with van der Waals surface area (Å²) < 4.78 is 27.2. The Morgan fingerprint density at radius 2 is 2.00 bits per heavy atom. The summed E-state index contributed by atoms with van der Waals surface area (Å²) in [5, 5.41) is 8.55. The molecule has 0 aromatic heterocycles. The summed E-state index contributed by atoms with van der Waals surface area (Å²) in [6.07, 6.45) is 0.0683. The normalized spacial score (nSPS) is 19.5. The molecular formula is C11H9F2N3O. The minimum Gasteiger partial charge on any atom is -0.326 e. The zero-order valence-electron chi connectivity index (χ0n) is 8.78. The largest absolute Gasteiger partial charge is 0.326 e. The number of anilines is 1. The number of nitrogens with zero attached hydrogens (tertiary/aromatic N) is 2. The van der Waals surface area contributed by atoms with Crippen molar-refractivity contribution in [1.29, 1.82) is 5.26 Å². The van der Waals surface area contributed by atoms with Crippen molar-refractivity contribution in [3.8, 4) is 6.07 Å². The van der Waals surface area contributed by atoms with Crippen molar-refractivity contribution < 1.29 is 13.6 Å². The molecule has 2 N–H and O–H groups in total. The number of nitriles is 1. The van der Waals surface area contributed by atoms with E-state index in [1.54, 1.807) is 6.07 Å². The lowest BCUT2D eigenvalue weighted by atomic mass is 10.2. The number of nitrogens with two attached hydrogens (primary N) is 1. The fourth-order valence-electron chi connectivity index (χ4n) is 1.84. The summed E-state index contributed by atoms with van der Waals surface area (Å²) in [6.45, 7) is 0.0819. The van der Waals surface area contributed by atoms with Gasteiger partial charge >= 0.3 is 0 Å². The Hall–Kier alpha value is -2.00. The minimum absolute atomic E-state index is 0.0683. The summed E-state index contributed by atoms with van der Waals surface area (Å²) in [7, 11) is 0. The van der Waals surface area contributed by atoms with Gasteiger partial charge in [0, 0.05) is 19.0 Å². The van der Waals surface area contributed by atoms with E-state index < -0.39 is 29.3 Å². The molecule has 1 heterocycles. The number of benzene rings is 1. The Morgan fingerprint density at radius 3 is 2.41 bits per heavy atom. The predicted molar refractivity (Wildman–Crippen MR) is 56.0 cm³/mol. The van der Waals surface area contributed by atoms with Gasteiger partial charge in [-0.25, -0.2) is 8.78 Å². The van der Waals surface area contributed by atoms with Crippen molar-refractivity contribution in [3.63, 3.8) is 0 Å². The van der Waals surface area contributed by atoms with Gasteiger partial charge in [-0.3, -0.25) is 4.79 Å². The number of carbonyl (C=O) groups is 1. The van der Waals surface area contributed by atoms with Crippen LogP contribution in [0.1, 0.15) is 12.0 Å². The van der Waals surface area contributed by atoms with E-state index in [0.717, 1.165) is 17.0 Å². The lowest BCUT2D eigenvalue weighted by Crippen LogP contribution is -2.29. The van der Waals surface area contributed by atoms with Gasteiger partial charge in [-0.1, -0.05) is 0 Å². The first-order valence-corrected chi connectivity index (χ1v) is 4.98. The van der Waals surface area contributed by atoms with Gasteiger partial charge in [0.1, 0.15) is 5.69 Å². The second kappa shape index (κ2) is 4.11. The zero-order chi connectivity index (χ0) is 12.6. The molecule has 0 aliphatic carbocycles. The molecule has 1 unspecified atom stereocenters. The first kappa shape index (κ1) is 11.5. The van der Waals surface area contributed by atoms with Crippen LogP contribution < -0.4 is 10.6 Å². The average Bonchev–Trinajstić information content (AvgIpc) is 2.57. The highest BCUT2D eigenvalue weighted by atomic mass is 19.1. The standard InChI is InChI=1S/C11H9F2N3O/c12-8-1-6(4-14)2-9(13)11(8)16-5-7(15)3-10(16)17/h1-2,7H,3,5,15H2. The maximum absolute atomic E-state index is 13.6. The Labute approximate surface area is 96.2 Å². The molecule has 1 fully saturated rings. The predicted octanol–water partition coefficient (Wildman–Crippen LogP) is 0.900. The maximum atomic E-state index is 13.6. The van der Waals surface area contributed by atoms with E-state index in [1.165, 1.54) is 0 Å². The number of hydrogen-bond acceptors (Lipinski definition) is 3. The maximum Gasteiger partial charge on any atom is 0.228 e. The highest BCUT2D eigenvalue weighted by Gasteiger charge is 2.32. The molecule has 1 saturated heterocycles. The summed E-state index contributed by atoms with van der Waals surface area (Å²) in [5.41, 5.74) is 5.00. The highest BCUT2D eigenvalue weighted by molar-refractivity contribution is 5.96. The summed E-state index contributed by atoms with van der Waals surface area (Å²) in [5.74, 6) is -2.27. The first-order chi connectivity index (χ1) is 8.02. The highest BCUT2D eigenvalue weighted by Crippen LogP contribution is 2.28. The molecule has 6 heteroatoms. The third-order valence-electron chi connectivity index (χ3n) is 2.57. The number of halogens is 2. The van der Waals surface area contributed by atoms with Crippen LogP contribution in [0.15, 0.2) is 12.1 Å². The van der Waals surface area contributed by atoms with Crippen LogP contribution in [0.3, 0.4) is 0 Å². The van der Waals surface area contributed by atoms with Crippen molar-refractivity contribution in [2.24, 2.45) is 5.73 Å². The van der Waals surface area contributed by atoms with Crippen molar-refractivity contribution in [1.82, 2.24) is 0 Å². The smallest absolute Gasteiger partial charge is 0.228 e. The van der Waals surface area contributed by atoms with Crippen LogP contribution in [-0.4, -0.2) is 18.5 Å². The number of rotatable bonds is 1. The van der Waals surface area contributed by atoms with E-state index >= 15 is 0 Å². The molecule has 1 amide bonds. The summed E-state index contributed by atoms with van der Waals surface area (Å²) in [4.78, 5) is 12.5. The monoisotopic (exact) mass is 237 g/mol. The van der Waals surface area contributed by atoms with Crippen molar-refractivity contribution in [2.45, 2.75) is 12.5 Å². The van der Waals surface area contributed by atoms with E-state index in [2.05, 4.69) is 0 Å². The summed E-state index contributed by atoms with van der Waals surface area (Å²) >= 11 is 0. The molecule has 17 heavy (non-hydrogen) atoms. The van der Waals surface area contributed by atoms with E-state index in [9.17, 15) is 13.6 Å². The number of hydrogen-bond donors (Lipinski definition) is 1. The van der Waals surface area contributed by atoms with Crippen LogP contribution in [-0.2, 0) is 4.79 Å². The van der Waals surface area contributed by atoms with Crippen LogP contribution in [0.4, 0.5) is 14.5 Å². The molecule has 1 aromatic rings. The van der Waals surface area contributed by atoms with Gasteiger partial charge in [0.15, 0.2) is 11.6 Å². The fraction of sp³-hybridized carbons (Fsp3) is 0.273. The van der Waals surface area contributed by atoms with Gasteiger partial charge in [-0.2, -0.15) is 5.26 Å². The molecule has 2 rings (SSSR count). The molecule has 1 aromatic carbocycles. The van der Waals surface area contributed by atoms with Crippen molar-refractivity contribution in [3.05, 3.63) is 29.3 Å². The van der Waals surface area contributed by atoms with Crippen LogP contribution in [0, 0.1) is 23.0 Å². The second-order valence-electron chi connectivity index (χ2n) is 3.87. The Morgan fingerprint density at radius 1 is 1.41 bits per heavy atom. The van der Waals surface area contributed by atoms with Gasteiger partial charge in [-0.15, -0.1) is 0 Å². The molecule has 88 valence electrons. The van der Waals surface area contributed by atoms with Gasteiger partial charge in [0.2, 0.25) is 5.91 Å². The van der Waals surface area contributed by atoms with Gasteiger partial charge in [0.25, 0.3) is 0 Å². The van der Waals surface area contributed by atoms with Crippen LogP contribution in [0.5, 0.6) is 0 Å². The molecule has 0 saturated carbocycles. The lowest BCUT2D eigenvalue weighted by Gasteiger charge is -2.17. The van der Waals surface area contributed by atoms with Crippen LogP contribution in [0.2, 0.25) is 0 Å². The van der Waals surface area contributed by atoms with Crippen molar-refractivity contribution >= 4 is 11.6 Å². The molecule has 1 aliphatic rings. The molecule has 1 aliphatic heterocycles. The lowest BCUT2D eigenvalue weighted by molar-refractivity contribution is -0.117. The fourth-order valence-corrected chi connectivity index (χ4v) is 1.84. The van der Waals surface area contributed by atoms with Gasteiger partial charge in [-0.05, 0) is 12.1 Å². The third-order valence-corrected chi connectivity index (χ3v) is 2.57. The van der Waals surface area contributed by atoms with E-state index in [1.807, 2.05) is 0 Å². The van der Waals surface area contributed by atoms with Crippen LogP contribution in [0.25, 0.3) is 0 Å². The second-order valence-corrected chi connectivity index (χ2v) is 3.87. The number of amides is 1. The van der Waals surface area contributed by atoms with Crippen molar-refractivity contribution in [2.75, 3.05) is 11.4 Å². The van der Waals surface area contributed by atoms with Gasteiger partial charge in [0.05, 0.1) is 11.6 Å². The van der Waals surface area contributed by atoms with E-state index in [-0.39, 0.29) is 18.5 Å². The van der Waals surface area contributed by atoms with Crippen LogP contribution >= 0.6 is 0 Å². The Balaban J connectivity index is 2.47. The first-order valence-electron chi connectivity index (χ1n) is 4.98. The van der Waals surface area contributed by atoms with E-state index in [0.29, 0.717) is 0 Å². The summed E-state index contributed by atoms with van der Waals surface area (Å²) in [6, 6.07) is 3.02. The molecule has 0 radical (unpaired) electrons. The quantitative estimate of drug-likeness (QED) is 0.788. The Bertz CT molecular complexity index is 501. The molecule has 4 nitrogen and oxygen atoms in total. The molecule has 1 atom stereocenters. The average molecular weight is 237 g/mol. The molecule has 0 bridgehead atoms. The minimum atomic E-state index is -0.927. The number of carbonyl (C=O) groups excluding carboxylic acids is 1. The van der Waals surface area contributed by atoms with E-state index in [4.69, 9.17) is 11.0 Å². The SMILES string of the molecule is N#Cc1cc(F)c(N2CC(N)CC2=O)c(F)c1.